The molecule has 0 aromatic heterocycles. The fourth-order valence-corrected chi connectivity index (χ4v) is 10.9. The van der Waals surface area contributed by atoms with Crippen LogP contribution >= 0.6 is 0 Å². The van der Waals surface area contributed by atoms with Gasteiger partial charge in [0.05, 0.1) is 18.0 Å². The van der Waals surface area contributed by atoms with E-state index in [0.29, 0.717) is 41.9 Å². The third-order valence-corrected chi connectivity index (χ3v) is 12.8. The number of carbonyl (C=O) groups excluding carboxylic acids is 1. The molecule has 0 aromatic carbocycles. The van der Waals surface area contributed by atoms with E-state index >= 15 is 0 Å². The van der Waals surface area contributed by atoms with E-state index in [-0.39, 0.29) is 34.9 Å². The summed E-state index contributed by atoms with van der Waals surface area (Å²) in [5, 5.41) is 25.0. The molecule has 0 aromatic rings. The standard InChI is InChI=1S/C29H51NO6S/c1-6-20-24-15-19(31)11-13-29(24,5)23-12-14-28(4)21(8-9-22(28)26(23)27(20)33)17(2)7-10-25(32)30-18(3)16-37(34,35)36/h17-24,26-27,31,33H,6-16H2,1-5H3,(H,30,32)(H,34,35,36). The smallest absolute Gasteiger partial charge is 0.266 e. The number of aliphatic hydroxyl groups is 2. The zero-order chi connectivity index (χ0) is 27.3. The predicted molar refractivity (Wildman–Crippen MR) is 144 cm³/mol. The fourth-order valence-electron chi connectivity index (χ4n) is 10.2. The molecule has 12 unspecified atom stereocenters. The van der Waals surface area contributed by atoms with Crippen LogP contribution in [0.2, 0.25) is 0 Å². The van der Waals surface area contributed by atoms with Gasteiger partial charge in [-0.25, -0.2) is 0 Å². The molecule has 0 saturated heterocycles. The van der Waals surface area contributed by atoms with E-state index in [1.54, 1.807) is 6.92 Å². The van der Waals surface area contributed by atoms with Crippen molar-refractivity contribution in [2.45, 2.75) is 117 Å². The average Bonchev–Trinajstić information content (AvgIpc) is 3.15. The van der Waals surface area contributed by atoms with Crippen molar-refractivity contribution in [3.8, 4) is 0 Å². The maximum absolute atomic E-state index is 12.5. The topological polar surface area (TPSA) is 124 Å². The summed E-state index contributed by atoms with van der Waals surface area (Å²) in [6, 6.07) is -0.619. The first kappa shape index (κ1) is 29.3. The number of nitrogens with one attached hydrogen (secondary N) is 1. The van der Waals surface area contributed by atoms with E-state index in [4.69, 9.17) is 4.55 Å². The van der Waals surface area contributed by atoms with Crippen LogP contribution in [0.4, 0.5) is 0 Å². The van der Waals surface area contributed by atoms with Gasteiger partial charge >= 0.3 is 0 Å². The third kappa shape index (κ3) is 5.51. The molecule has 37 heavy (non-hydrogen) atoms. The second-order valence-corrected chi connectivity index (χ2v) is 15.4. The molecular formula is C29H51NO6S. The summed E-state index contributed by atoms with van der Waals surface area (Å²) in [7, 11) is -4.12. The van der Waals surface area contributed by atoms with E-state index in [0.717, 1.165) is 51.4 Å². The highest BCUT2D eigenvalue weighted by molar-refractivity contribution is 7.85. The van der Waals surface area contributed by atoms with Crippen molar-refractivity contribution in [1.82, 2.24) is 5.32 Å². The molecule has 7 nitrogen and oxygen atoms in total. The normalized spacial score (nSPS) is 45.3. The summed E-state index contributed by atoms with van der Waals surface area (Å²) in [6.07, 6.45) is 8.91. The number of hydrogen-bond acceptors (Lipinski definition) is 5. The largest absolute Gasteiger partial charge is 0.393 e. The van der Waals surface area contributed by atoms with Crippen LogP contribution in [0.3, 0.4) is 0 Å². The Hall–Kier alpha value is -0.700. The summed E-state index contributed by atoms with van der Waals surface area (Å²) < 4.78 is 31.2. The Morgan fingerprint density at radius 2 is 1.65 bits per heavy atom. The lowest BCUT2D eigenvalue weighted by Gasteiger charge is -2.64. The van der Waals surface area contributed by atoms with Gasteiger partial charge < -0.3 is 15.5 Å². The quantitative estimate of drug-likeness (QED) is 0.337. The van der Waals surface area contributed by atoms with Crippen molar-refractivity contribution < 1.29 is 28.0 Å². The Labute approximate surface area is 224 Å². The number of amides is 1. The molecule has 0 radical (unpaired) electrons. The lowest BCUT2D eigenvalue weighted by atomic mass is 9.41. The van der Waals surface area contributed by atoms with Crippen molar-refractivity contribution in [1.29, 1.82) is 0 Å². The molecule has 214 valence electrons. The Kier molecular flexibility index (Phi) is 8.47. The minimum absolute atomic E-state index is 0.159. The number of carbonyl (C=O) groups is 1. The molecule has 4 saturated carbocycles. The van der Waals surface area contributed by atoms with E-state index in [2.05, 4.69) is 33.0 Å². The summed E-state index contributed by atoms with van der Waals surface area (Å²) in [4.78, 5) is 12.5. The maximum atomic E-state index is 12.5. The Morgan fingerprint density at radius 1 is 1.00 bits per heavy atom. The zero-order valence-corrected chi connectivity index (χ0v) is 24.3. The van der Waals surface area contributed by atoms with Crippen molar-refractivity contribution in [3.63, 3.8) is 0 Å². The molecule has 4 aliphatic rings. The first-order chi connectivity index (χ1) is 17.2. The van der Waals surface area contributed by atoms with Gasteiger partial charge in [0, 0.05) is 12.5 Å². The number of hydrogen-bond donors (Lipinski definition) is 4. The molecule has 8 heteroatoms. The van der Waals surface area contributed by atoms with E-state index in [1.807, 2.05) is 0 Å². The van der Waals surface area contributed by atoms with Crippen LogP contribution < -0.4 is 5.32 Å². The first-order valence-corrected chi connectivity index (χ1v) is 16.4. The predicted octanol–water partition coefficient (Wildman–Crippen LogP) is 4.42. The van der Waals surface area contributed by atoms with Crippen LogP contribution in [0.5, 0.6) is 0 Å². The summed E-state index contributed by atoms with van der Waals surface area (Å²) in [5.41, 5.74) is 0.359. The average molecular weight is 542 g/mol. The fraction of sp³-hybridized carbons (Fsp3) is 0.966. The van der Waals surface area contributed by atoms with Crippen molar-refractivity contribution >= 4 is 16.0 Å². The molecule has 0 bridgehead atoms. The first-order valence-electron chi connectivity index (χ1n) is 14.8. The Bertz CT molecular complexity index is 941. The van der Waals surface area contributed by atoms with Gasteiger partial charge in [-0.05, 0) is 111 Å². The van der Waals surface area contributed by atoms with Crippen LogP contribution in [0.1, 0.15) is 98.8 Å². The van der Waals surface area contributed by atoms with Gasteiger partial charge in [-0.3, -0.25) is 9.35 Å². The van der Waals surface area contributed by atoms with Gasteiger partial charge in [-0.1, -0.05) is 34.1 Å². The number of aliphatic hydroxyl groups excluding tert-OH is 2. The molecule has 4 aliphatic carbocycles. The molecule has 4 rings (SSSR count). The monoisotopic (exact) mass is 541 g/mol. The van der Waals surface area contributed by atoms with Crippen LogP contribution in [0, 0.1) is 52.3 Å². The second kappa shape index (κ2) is 10.7. The van der Waals surface area contributed by atoms with Gasteiger partial charge in [-0.15, -0.1) is 0 Å². The van der Waals surface area contributed by atoms with Crippen molar-refractivity contribution in [2.24, 2.45) is 52.3 Å². The molecule has 0 aliphatic heterocycles. The van der Waals surface area contributed by atoms with Gasteiger partial charge in [0.25, 0.3) is 10.1 Å². The Morgan fingerprint density at radius 3 is 2.30 bits per heavy atom. The molecule has 12 atom stereocenters. The highest BCUT2D eigenvalue weighted by Crippen LogP contribution is 2.69. The Balaban J connectivity index is 1.44. The second-order valence-electron chi connectivity index (χ2n) is 13.9. The van der Waals surface area contributed by atoms with Gasteiger partial charge in [0.15, 0.2) is 0 Å². The lowest BCUT2D eigenvalue weighted by Crippen LogP contribution is -2.62. The lowest BCUT2D eigenvalue weighted by molar-refractivity contribution is -0.203. The zero-order valence-electron chi connectivity index (χ0n) is 23.5. The molecule has 4 fully saturated rings. The highest BCUT2D eigenvalue weighted by Gasteiger charge is 2.64. The third-order valence-electron chi connectivity index (χ3n) is 11.8. The summed E-state index contributed by atoms with van der Waals surface area (Å²) in [6.45, 7) is 11.0. The van der Waals surface area contributed by atoms with Crippen LogP contribution in [-0.2, 0) is 14.9 Å². The minimum Gasteiger partial charge on any atom is -0.393 e. The van der Waals surface area contributed by atoms with E-state index < -0.39 is 21.9 Å². The molecular weight excluding hydrogens is 490 g/mol. The van der Waals surface area contributed by atoms with Crippen LogP contribution in [0.25, 0.3) is 0 Å². The highest BCUT2D eigenvalue weighted by atomic mass is 32.2. The number of rotatable bonds is 8. The number of fused-ring (bicyclic) bond motifs is 5. The molecule has 1 amide bonds. The van der Waals surface area contributed by atoms with Crippen LogP contribution in [-0.4, -0.2) is 53.1 Å². The maximum Gasteiger partial charge on any atom is 0.266 e. The van der Waals surface area contributed by atoms with E-state index in [1.165, 1.54) is 6.42 Å². The summed E-state index contributed by atoms with van der Waals surface area (Å²) in [5.74, 6) is 2.23. The molecule has 0 heterocycles. The summed E-state index contributed by atoms with van der Waals surface area (Å²) >= 11 is 0. The molecule has 0 spiro atoms. The molecule has 4 N–H and O–H groups in total. The van der Waals surface area contributed by atoms with Crippen LogP contribution in [0.15, 0.2) is 0 Å². The van der Waals surface area contributed by atoms with E-state index in [9.17, 15) is 23.4 Å². The van der Waals surface area contributed by atoms with Crippen molar-refractivity contribution in [2.75, 3.05) is 5.75 Å². The SMILES string of the molecule is CCC1C(O)C2C3CCC(C(C)CCC(=O)NC(C)CS(=O)(=O)O)C3(C)CCC2C2(C)CCC(O)CC12. The van der Waals surface area contributed by atoms with Crippen molar-refractivity contribution in [3.05, 3.63) is 0 Å². The minimum atomic E-state index is -4.12. The van der Waals surface area contributed by atoms with Gasteiger partial charge in [0.1, 0.15) is 0 Å². The van der Waals surface area contributed by atoms with Gasteiger partial charge in [-0.2, -0.15) is 8.42 Å². The van der Waals surface area contributed by atoms with Gasteiger partial charge in [0.2, 0.25) is 5.91 Å².